The topological polar surface area (TPSA) is 79.3 Å². The monoisotopic (exact) mass is 274 g/mol. The molecule has 0 saturated carbocycles. The van der Waals surface area contributed by atoms with Crippen LogP contribution in [0, 0.1) is 6.92 Å². The number of aromatic nitrogens is 1. The zero-order valence-corrected chi connectivity index (χ0v) is 11.2. The van der Waals surface area contributed by atoms with Crippen molar-refractivity contribution >= 4 is 35.0 Å². The Kier molecular flexibility index (Phi) is 5.43. The molecule has 0 saturated heterocycles. The van der Waals surface area contributed by atoms with Gasteiger partial charge < -0.3 is 10.4 Å². The summed E-state index contributed by atoms with van der Waals surface area (Å²) in [4.78, 5) is 27.1. The average molecular weight is 274 g/mol. The second kappa shape index (κ2) is 6.61. The summed E-state index contributed by atoms with van der Waals surface area (Å²) >= 11 is 2.80. The summed E-state index contributed by atoms with van der Waals surface area (Å²) in [7, 11) is 0. The van der Waals surface area contributed by atoms with Gasteiger partial charge in [-0.2, -0.15) is 11.8 Å². The number of nitrogens with zero attached hydrogens (tertiary/aromatic N) is 1. The lowest BCUT2D eigenvalue weighted by Crippen LogP contribution is -2.40. The van der Waals surface area contributed by atoms with Crippen molar-refractivity contribution in [2.45, 2.75) is 19.4 Å². The fourth-order valence-electron chi connectivity index (χ4n) is 1.19. The summed E-state index contributed by atoms with van der Waals surface area (Å²) in [5.74, 6) is -0.684. The van der Waals surface area contributed by atoms with Gasteiger partial charge in [0.05, 0.1) is 11.2 Å². The third-order valence-corrected chi connectivity index (χ3v) is 3.61. The molecule has 1 aromatic rings. The van der Waals surface area contributed by atoms with Crippen LogP contribution in [0.5, 0.6) is 0 Å². The number of rotatable bonds is 6. The summed E-state index contributed by atoms with van der Waals surface area (Å²) < 4.78 is 0. The molecule has 94 valence electrons. The standard InChI is InChI=1S/C10H14N2O3S2/c1-6-11-5-8(17-6)9(13)12-7(10(14)15)3-4-16-2/h5,7H,3-4H2,1-2H3,(H,12,13)(H,14,15). The van der Waals surface area contributed by atoms with Gasteiger partial charge in [0.25, 0.3) is 5.91 Å². The predicted octanol–water partition coefficient (Wildman–Crippen LogP) is 1.39. The summed E-state index contributed by atoms with van der Waals surface area (Å²) in [5.41, 5.74) is 0. The molecule has 1 heterocycles. The molecule has 17 heavy (non-hydrogen) atoms. The fraction of sp³-hybridized carbons (Fsp3) is 0.500. The number of aliphatic carboxylic acids is 1. The molecule has 0 aliphatic rings. The number of carbonyl (C=O) groups is 2. The van der Waals surface area contributed by atoms with Crippen LogP contribution in [0.4, 0.5) is 0 Å². The molecule has 2 N–H and O–H groups in total. The lowest BCUT2D eigenvalue weighted by Gasteiger charge is -2.12. The number of carbonyl (C=O) groups excluding carboxylic acids is 1. The second-order valence-electron chi connectivity index (χ2n) is 3.39. The number of hydrogen-bond acceptors (Lipinski definition) is 5. The third kappa shape index (κ3) is 4.35. The summed E-state index contributed by atoms with van der Waals surface area (Å²) in [6, 6.07) is -0.836. The van der Waals surface area contributed by atoms with Crippen LogP contribution < -0.4 is 5.32 Å². The Bertz CT molecular complexity index is 406. The molecule has 0 aromatic carbocycles. The summed E-state index contributed by atoms with van der Waals surface area (Å²) in [5, 5.41) is 12.2. The molecule has 1 amide bonds. The normalized spacial score (nSPS) is 12.1. The molecule has 1 atom stereocenters. The average Bonchev–Trinajstić information content (AvgIpc) is 2.70. The highest BCUT2D eigenvalue weighted by Gasteiger charge is 2.20. The molecular formula is C10H14N2O3S2. The molecule has 5 nitrogen and oxygen atoms in total. The van der Waals surface area contributed by atoms with Gasteiger partial charge in [-0.1, -0.05) is 0 Å². The molecule has 1 aromatic heterocycles. The van der Waals surface area contributed by atoms with Crippen molar-refractivity contribution in [3.8, 4) is 0 Å². The highest BCUT2D eigenvalue weighted by Crippen LogP contribution is 2.12. The first-order chi connectivity index (χ1) is 8.04. The van der Waals surface area contributed by atoms with Crippen LogP contribution in [-0.4, -0.2) is 40.0 Å². The lowest BCUT2D eigenvalue weighted by molar-refractivity contribution is -0.139. The molecular weight excluding hydrogens is 260 g/mol. The van der Waals surface area contributed by atoms with E-state index >= 15 is 0 Å². The van der Waals surface area contributed by atoms with Crippen molar-refractivity contribution in [1.29, 1.82) is 0 Å². The van der Waals surface area contributed by atoms with Crippen LogP contribution in [0.2, 0.25) is 0 Å². The molecule has 0 bridgehead atoms. The maximum atomic E-state index is 11.7. The number of thiazole rings is 1. The maximum Gasteiger partial charge on any atom is 0.326 e. The molecule has 1 unspecified atom stereocenters. The van der Waals surface area contributed by atoms with Crippen molar-refractivity contribution in [2.75, 3.05) is 12.0 Å². The summed E-state index contributed by atoms with van der Waals surface area (Å²) in [6.45, 7) is 1.80. The minimum absolute atomic E-state index is 0.371. The minimum Gasteiger partial charge on any atom is -0.480 e. The van der Waals surface area contributed by atoms with Gasteiger partial charge in [-0.25, -0.2) is 9.78 Å². The van der Waals surface area contributed by atoms with Crippen LogP contribution >= 0.6 is 23.1 Å². The van der Waals surface area contributed by atoms with Crippen molar-refractivity contribution in [1.82, 2.24) is 10.3 Å². The fourth-order valence-corrected chi connectivity index (χ4v) is 2.34. The molecule has 0 fully saturated rings. The Labute approximate surface area is 108 Å². The van der Waals surface area contributed by atoms with Crippen LogP contribution in [0.25, 0.3) is 0 Å². The predicted molar refractivity (Wildman–Crippen MR) is 68.7 cm³/mol. The van der Waals surface area contributed by atoms with E-state index in [1.165, 1.54) is 17.5 Å². The van der Waals surface area contributed by atoms with Crippen LogP contribution in [0.3, 0.4) is 0 Å². The number of amides is 1. The Morgan fingerprint density at radius 2 is 2.35 bits per heavy atom. The van der Waals surface area contributed by atoms with E-state index < -0.39 is 12.0 Å². The van der Waals surface area contributed by atoms with Gasteiger partial charge in [0.1, 0.15) is 10.9 Å². The second-order valence-corrected chi connectivity index (χ2v) is 5.61. The van der Waals surface area contributed by atoms with Gasteiger partial charge in [-0.05, 0) is 25.4 Å². The number of nitrogens with one attached hydrogen (secondary N) is 1. The van der Waals surface area contributed by atoms with Gasteiger partial charge in [0.15, 0.2) is 0 Å². The van der Waals surface area contributed by atoms with Gasteiger partial charge >= 0.3 is 5.97 Å². The Hall–Kier alpha value is -1.08. The maximum absolute atomic E-state index is 11.7. The highest BCUT2D eigenvalue weighted by atomic mass is 32.2. The number of hydrogen-bond donors (Lipinski definition) is 2. The highest BCUT2D eigenvalue weighted by molar-refractivity contribution is 7.98. The van der Waals surface area contributed by atoms with Crippen molar-refractivity contribution < 1.29 is 14.7 Å². The van der Waals surface area contributed by atoms with Crippen molar-refractivity contribution in [3.05, 3.63) is 16.1 Å². The van der Waals surface area contributed by atoms with Gasteiger partial charge in [0.2, 0.25) is 0 Å². The van der Waals surface area contributed by atoms with Gasteiger partial charge in [-0.15, -0.1) is 11.3 Å². The Morgan fingerprint density at radius 3 is 2.82 bits per heavy atom. The smallest absolute Gasteiger partial charge is 0.326 e. The number of aryl methyl sites for hydroxylation is 1. The molecule has 0 aliphatic carbocycles. The third-order valence-electron chi connectivity index (χ3n) is 2.06. The van der Waals surface area contributed by atoms with Crippen molar-refractivity contribution in [3.63, 3.8) is 0 Å². The first-order valence-electron chi connectivity index (χ1n) is 4.99. The number of thioether (sulfide) groups is 1. The lowest BCUT2D eigenvalue weighted by atomic mass is 10.2. The van der Waals surface area contributed by atoms with Crippen LogP contribution in [0.1, 0.15) is 21.1 Å². The largest absolute Gasteiger partial charge is 0.480 e. The zero-order chi connectivity index (χ0) is 12.8. The first-order valence-corrected chi connectivity index (χ1v) is 7.20. The van der Waals surface area contributed by atoms with E-state index in [2.05, 4.69) is 10.3 Å². The molecule has 0 aliphatic heterocycles. The zero-order valence-electron chi connectivity index (χ0n) is 9.60. The summed E-state index contributed by atoms with van der Waals surface area (Å²) in [6.07, 6.45) is 3.77. The molecule has 7 heteroatoms. The first kappa shape index (κ1) is 14.0. The molecule has 1 rings (SSSR count). The number of carboxylic acid groups (broad SMARTS) is 1. The number of carboxylic acids is 1. The molecule has 0 radical (unpaired) electrons. The molecule has 0 spiro atoms. The Morgan fingerprint density at radius 1 is 1.65 bits per heavy atom. The van der Waals surface area contributed by atoms with Gasteiger partial charge in [0, 0.05) is 0 Å². The van der Waals surface area contributed by atoms with E-state index in [0.29, 0.717) is 17.1 Å². The van der Waals surface area contributed by atoms with E-state index in [1.54, 1.807) is 18.7 Å². The SMILES string of the molecule is CSCCC(NC(=O)c1cnc(C)s1)C(=O)O. The Balaban J connectivity index is 2.60. The van der Waals surface area contributed by atoms with Crippen molar-refractivity contribution in [2.24, 2.45) is 0 Å². The van der Waals surface area contributed by atoms with E-state index in [-0.39, 0.29) is 5.91 Å². The van der Waals surface area contributed by atoms with Crippen LogP contribution in [0.15, 0.2) is 6.20 Å². The van der Waals surface area contributed by atoms with Gasteiger partial charge in [-0.3, -0.25) is 4.79 Å². The minimum atomic E-state index is -1.01. The quantitative estimate of drug-likeness (QED) is 0.819. The van der Waals surface area contributed by atoms with E-state index in [4.69, 9.17) is 5.11 Å². The van der Waals surface area contributed by atoms with E-state index in [1.807, 2.05) is 6.26 Å². The van der Waals surface area contributed by atoms with Crippen LogP contribution in [-0.2, 0) is 4.79 Å². The van der Waals surface area contributed by atoms with E-state index in [9.17, 15) is 9.59 Å². The van der Waals surface area contributed by atoms with E-state index in [0.717, 1.165) is 5.01 Å².